The number of benzene rings is 5. The second-order valence-corrected chi connectivity index (χ2v) is 22.3. The summed E-state index contributed by atoms with van der Waals surface area (Å²) in [5.41, 5.74) is 10.5. The Bertz CT molecular complexity index is 2850. The molecule has 0 spiro atoms. The molecule has 0 saturated carbocycles. The number of hydrogen-bond acceptors (Lipinski definition) is 4. The van der Waals surface area contributed by atoms with Crippen molar-refractivity contribution >= 4 is 66.7 Å². The van der Waals surface area contributed by atoms with Gasteiger partial charge in [0.15, 0.2) is 0 Å². The van der Waals surface area contributed by atoms with E-state index >= 15 is 0 Å². The predicted molar refractivity (Wildman–Crippen MR) is 238 cm³/mol. The average Bonchev–Trinajstić information content (AvgIpc) is 3.77. The van der Waals surface area contributed by atoms with Crippen molar-refractivity contribution in [3.63, 3.8) is 0 Å². The van der Waals surface area contributed by atoms with Crippen molar-refractivity contribution in [1.82, 2.24) is 9.97 Å². The SMILES string of the molecule is CC(C)Cc1cc(-c2[c-]ccc3c2oc2ccccc23)ncc1[Si](C)(C)C.CC(C)c1ccnc(-c2[c-]ccc3c2sc2c(-c4ccc(F)cc4)cccc23)c1.[Ir]. The van der Waals surface area contributed by atoms with Gasteiger partial charge in [-0.1, -0.05) is 135 Å². The minimum atomic E-state index is -1.44. The first-order chi connectivity index (χ1) is 27.0. The first kappa shape index (κ1) is 40.4. The summed E-state index contributed by atoms with van der Waals surface area (Å²) in [5, 5.41) is 6.14. The van der Waals surface area contributed by atoms with E-state index in [4.69, 9.17) is 9.40 Å². The van der Waals surface area contributed by atoms with Crippen LogP contribution in [0.5, 0.6) is 0 Å². The van der Waals surface area contributed by atoms with Gasteiger partial charge < -0.3 is 14.4 Å². The minimum Gasteiger partial charge on any atom is -0.501 e. The van der Waals surface area contributed by atoms with Gasteiger partial charge in [0.25, 0.3) is 0 Å². The van der Waals surface area contributed by atoms with E-state index in [9.17, 15) is 4.39 Å². The van der Waals surface area contributed by atoms with Crippen LogP contribution in [0.4, 0.5) is 4.39 Å². The summed E-state index contributed by atoms with van der Waals surface area (Å²) < 4.78 is 22.0. The second-order valence-electron chi connectivity index (χ2n) is 16.3. The first-order valence-corrected chi connectivity index (χ1v) is 23.7. The van der Waals surface area contributed by atoms with Gasteiger partial charge in [-0.05, 0) is 80.3 Å². The molecule has 0 bridgehead atoms. The zero-order chi connectivity index (χ0) is 39.1. The van der Waals surface area contributed by atoms with Gasteiger partial charge in [-0.3, -0.25) is 0 Å². The van der Waals surface area contributed by atoms with Gasteiger partial charge in [-0.2, -0.15) is 11.3 Å². The maximum Gasteiger partial charge on any atom is 0.123 e. The van der Waals surface area contributed by atoms with Crippen LogP contribution in [0, 0.1) is 23.9 Å². The zero-order valence-electron chi connectivity index (χ0n) is 33.3. The number of fused-ring (bicyclic) bond motifs is 6. The minimum absolute atomic E-state index is 0. The maximum atomic E-state index is 13.4. The average molecular weight is 961 g/mol. The molecule has 0 aliphatic rings. The molecule has 0 aliphatic heterocycles. The Morgan fingerprint density at radius 1 is 0.719 bits per heavy atom. The molecule has 57 heavy (non-hydrogen) atoms. The fraction of sp³-hybridized carbons (Fsp3) is 0.200. The smallest absolute Gasteiger partial charge is 0.123 e. The first-order valence-electron chi connectivity index (χ1n) is 19.4. The van der Waals surface area contributed by atoms with E-state index in [0.717, 1.165) is 62.0 Å². The summed E-state index contributed by atoms with van der Waals surface area (Å²) >= 11 is 1.76. The van der Waals surface area contributed by atoms with Crippen molar-refractivity contribution in [1.29, 1.82) is 0 Å². The van der Waals surface area contributed by atoms with Crippen molar-refractivity contribution in [2.24, 2.45) is 5.92 Å². The normalized spacial score (nSPS) is 11.8. The maximum absolute atomic E-state index is 13.4. The van der Waals surface area contributed by atoms with E-state index in [2.05, 4.69) is 131 Å². The van der Waals surface area contributed by atoms with Crippen LogP contribution in [0.15, 0.2) is 126 Å². The molecule has 7 heteroatoms. The van der Waals surface area contributed by atoms with Crippen molar-refractivity contribution in [2.75, 3.05) is 0 Å². The topological polar surface area (TPSA) is 38.9 Å². The van der Waals surface area contributed by atoms with Crippen molar-refractivity contribution < 1.29 is 28.9 Å². The van der Waals surface area contributed by atoms with Gasteiger partial charge in [-0.25, -0.2) is 4.39 Å². The molecule has 0 saturated heterocycles. The van der Waals surface area contributed by atoms with Crippen LogP contribution in [0.25, 0.3) is 75.8 Å². The number of aromatic nitrogens is 2. The molecule has 3 nitrogen and oxygen atoms in total. The van der Waals surface area contributed by atoms with Gasteiger partial charge >= 0.3 is 0 Å². The van der Waals surface area contributed by atoms with Crippen LogP contribution >= 0.6 is 11.3 Å². The second kappa shape index (κ2) is 16.6. The van der Waals surface area contributed by atoms with Crippen LogP contribution in [0.1, 0.15) is 44.7 Å². The molecular weight excluding hydrogens is 916 g/mol. The molecule has 289 valence electrons. The van der Waals surface area contributed by atoms with Crippen LogP contribution in [0.3, 0.4) is 0 Å². The summed E-state index contributed by atoms with van der Waals surface area (Å²) in [4.78, 5) is 9.48. The van der Waals surface area contributed by atoms with Crippen molar-refractivity contribution in [3.8, 4) is 33.6 Å². The molecule has 4 heterocycles. The summed E-state index contributed by atoms with van der Waals surface area (Å²) in [6.45, 7) is 16.1. The zero-order valence-corrected chi connectivity index (χ0v) is 37.5. The molecule has 9 rings (SSSR count). The van der Waals surface area contributed by atoms with Crippen LogP contribution in [-0.2, 0) is 26.5 Å². The Morgan fingerprint density at radius 2 is 1.40 bits per heavy atom. The van der Waals surface area contributed by atoms with Crippen LogP contribution in [-0.4, -0.2) is 18.0 Å². The van der Waals surface area contributed by atoms with E-state index in [-0.39, 0.29) is 25.9 Å². The summed E-state index contributed by atoms with van der Waals surface area (Å²) in [6, 6.07) is 42.7. The number of thiophene rings is 1. The third-order valence-corrected chi connectivity index (χ3v) is 13.7. The fourth-order valence-electron chi connectivity index (χ4n) is 7.55. The molecule has 4 aromatic heterocycles. The van der Waals surface area contributed by atoms with E-state index in [1.54, 1.807) is 11.3 Å². The largest absolute Gasteiger partial charge is 0.501 e. The molecular formula is C50H45FIrN2OSSi-2. The molecule has 0 unspecified atom stereocenters. The number of hydrogen-bond donors (Lipinski definition) is 0. The molecule has 0 aliphatic carbocycles. The van der Waals surface area contributed by atoms with E-state index < -0.39 is 8.07 Å². The Morgan fingerprint density at radius 3 is 2.14 bits per heavy atom. The molecule has 0 N–H and O–H groups in total. The molecule has 0 atom stereocenters. The Hall–Kier alpha value is -4.78. The van der Waals surface area contributed by atoms with E-state index in [1.807, 2.05) is 42.6 Å². The number of para-hydroxylation sites is 1. The standard InChI is InChI=1S/C26H19FNS.C24H26NOSi.Ir/c1-16(2)18-13-14-28-24(15-18)23-8-4-7-22-21-6-3-5-20(25(21)29-26(22)23)17-9-11-19(27)12-10-17;1-16(2)13-17-14-21(25-15-23(17)27(3,4)5)20-11-8-10-19-18-9-6-7-12-22(18)26-24(19)20;/h3-7,9-16H,1-2H3;6-10,12,14-16H,13H2,1-5H3;/q2*-1;. The van der Waals surface area contributed by atoms with Gasteiger partial charge in [0.05, 0.1) is 13.7 Å². The number of pyridine rings is 2. The Labute approximate surface area is 353 Å². The van der Waals surface area contributed by atoms with Crippen molar-refractivity contribution in [2.45, 2.75) is 59.7 Å². The van der Waals surface area contributed by atoms with Gasteiger partial charge in [-0.15, -0.1) is 42.0 Å². The number of rotatable bonds is 7. The molecule has 5 aromatic carbocycles. The van der Waals surface area contributed by atoms with Gasteiger partial charge in [0.2, 0.25) is 0 Å². The third kappa shape index (κ3) is 8.17. The summed E-state index contributed by atoms with van der Waals surface area (Å²) in [5.74, 6) is 0.843. The van der Waals surface area contributed by atoms with Gasteiger partial charge in [0.1, 0.15) is 11.4 Å². The van der Waals surface area contributed by atoms with Crippen molar-refractivity contribution in [3.05, 3.63) is 151 Å². The fourth-order valence-corrected chi connectivity index (χ4v) is 10.5. The van der Waals surface area contributed by atoms with Crippen LogP contribution < -0.4 is 5.19 Å². The summed E-state index contributed by atoms with van der Waals surface area (Å²) in [6.07, 6.45) is 5.06. The van der Waals surface area contributed by atoms with Crippen LogP contribution in [0.2, 0.25) is 19.6 Å². The molecule has 0 amide bonds. The number of furan rings is 1. The van der Waals surface area contributed by atoms with E-state index in [1.165, 1.54) is 48.6 Å². The van der Waals surface area contributed by atoms with E-state index in [0.29, 0.717) is 11.8 Å². The quantitative estimate of drug-likeness (QED) is 0.118. The number of halogens is 1. The molecule has 1 radical (unpaired) electrons. The predicted octanol–water partition coefficient (Wildman–Crippen LogP) is 14.0. The Balaban J connectivity index is 0.000000172. The third-order valence-electron chi connectivity index (χ3n) is 10.3. The Kier molecular flexibility index (Phi) is 11.8. The summed E-state index contributed by atoms with van der Waals surface area (Å²) in [7, 11) is -1.44. The van der Waals surface area contributed by atoms with Gasteiger partial charge in [0, 0.05) is 42.6 Å². The number of nitrogens with zero attached hydrogens (tertiary/aromatic N) is 2. The molecule has 0 fully saturated rings. The molecule has 9 aromatic rings. The monoisotopic (exact) mass is 961 g/mol.